The van der Waals surface area contributed by atoms with Crippen LogP contribution in [0.5, 0.6) is 11.5 Å². The van der Waals surface area contributed by atoms with Gasteiger partial charge in [0.25, 0.3) is 0 Å². The van der Waals surface area contributed by atoms with Crippen molar-refractivity contribution in [1.29, 1.82) is 0 Å². The number of unbranched alkanes of at least 4 members (excludes halogenated alkanes) is 8. The van der Waals surface area contributed by atoms with Gasteiger partial charge in [0.1, 0.15) is 18.1 Å². The molecule has 2 nitrogen and oxygen atoms in total. The molecule has 0 unspecified atom stereocenters. The zero-order chi connectivity index (χ0) is 21.5. The summed E-state index contributed by atoms with van der Waals surface area (Å²) in [5.74, 6) is 1.81. The highest BCUT2D eigenvalue weighted by atomic mass is 28.2. The average Bonchev–Trinajstić information content (AvgIpc) is 2.76. The lowest BCUT2D eigenvalue weighted by Gasteiger charge is -2.22. The van der Waals surface area contributed by atoms with Crippen LogP contribution in [0.15, 0.2) is 54.6 Å². The van der Waals surface area contributed by atoms with E-state index >= 15 is 0 Å². The number of benzene rings is 2. The summed E-state index contributed by atoms with van der Waals surface area (Å²) in [5.41, 5.74) is 1.18. The van der Waals surface area contributed by atoms with Crippen LogP contribution in [0.3, 0.4) is 0 Å². The lowest BCUT2D eigenvalue weighted by atomic mass is 10.0. The van der Waals surface area contributed by atoms with E-state index in [0.717, 1.165) is 11.5 Å². The van der Waals surface area contributed by atoms with Crippen molar-refractivity contribution in [2.75, 3.05) is 0 Å². The fourth-order valence-corrected chi connectivity index (χ4v) is 4.28. The quantitative estimate of drug-likeness (QED) is 0.199. The maximum atomic E-state index is 6.09. The smallest absolute Gasteiger partial charge is 0.317 e. The maximum Gasteiger partial charge on any atom is 0.317 e. The van der Waals surface area contributed by atoms with Crippen molar-refractivity contribution in [2.24, 2.45) is 0 Å². The Hall–Kier alpha value is -1.74. The highest BCUT2D eigenvalue weighted by Crippen LogP contribution is 2.31. The molecule has 3 heteroatoms. The molecule has 0 N–H and O–H groups in total. The standard InChI is InChI=1S/C27H40O2Si/c1-4-5-6-7-8-9-10-11-15-22-27(2,3)30-29-26-20-18-25(19-21-26)28-23-24-16-13-12-14-17-24/h12-14,16-21H,4-11,15,22-23H2,1-3H3. The minimum Gasteiger partial charge on any atom is -0.540 e. The summed E-state index contributed by atoms with van der Waals surface area (Å²) in [5, 5.41) is 0.240. The predicted octanol–water partition coefficient (Wildman–Crippen LogP) is 8.38. The molecule has 0 aliphatic heterocycles. The van der Waals surface area contributed by atoms with E-state index in [1.54, 1.807) is 0 Å². The summed E-state index contributed by atoms with van der Waals surface area (Å²) < 4.78 is 11.9. The predicted molar refractivity (Wildman–Crippen MR) is 129 cm³/mol. The van der Waals surface area contributed by atoms with E-state index in [9.17, 15) is 0 Å². The molecule has 0 fully saturated rings. The van der Waals surface area contributed by atoms with Gasteiger partial charge in [-0.2, -0.15) is 0 Å². The van der Waals surface area contributed by atoms with Gasteiger partial charge in [0.15, 0.2) is 0 Å². The van der Waals surface area contributed by atoms with E-state index in [4.69, 9.17) is 9.16 Å². The molecule has 0 aliphatic carbocycles. The molecule has 30 heavy (non-hydrogen) atoms. The lowest BCUT2D eigenvalue weighted by molar-refractivity contribution is 0.306. The third-order valence-electron chi connectivity index (χ3n) is 5.42. The molecule has 0 amide bonds. The summed E-state index contributed by atoms with van der Waals surface area (Å²) in [6, 6.07) is 18.3. The monoisotopic (exact) mass is 424 g/mol. The zero-order valence-electron chi connectivity index (χ0n) is 19.3. The van der Waals surface area contributed by atoms with Gasteiger partial charge in [-0.05, 0) is 41.3 Å². The van der Waals surface area contributed by atoms with Crippen molar-refractivity contribution in [3.63, 3.8) is 0 Å². The molecule has 2 radical (unpaired) electrons. The van der Waals surface area contributed by atoms with Crippen molar-refractivity contribution in [1.82, 2.24) is 0 Å². The van der Waals surface area contributed by atoms with Crippen LogP contribution >= 0.6 is 0 Å². The van der Waals surface area contributed by atoms with Crippen LogP contribution < -0.4 is 9.16 Å². The second kappa shape index (κ2) is 14.3. The van der Waals surface area contributed by atoms with E-state index < -0.39 is 0 Å². The highest BCUT2D eigenvalue weighted by Gasteiger charge is 2.21. The first-order chi connectivity index (χ1) is 14.6. The Labute approximate surface area is 187 Å². The normalized spacial score (nSPS) is 11.4. The van der Waals surface area contributed by atoms with Crippen molar-refractivity contribution < 1.29 is 9.16 Å². The van der Waals surface area contributed by atoms with Crippen molar-refractivity contribution in [3.05, 3.63) is 60.2 Å². The topological polar surface area (TPSA) is 18.5 Å². The first kappa shape index (κ1) is 24.5. The average molecular weight is 425 g/mol. The third kappa shape index (κ3) is 10.9. The van der Waals surface area contributed by atoms with Gasteiger partial charge in [-0.15, -0.1) is 0 Å². The number of ether oxygens (including phenoxy) is 1. The van der Waals surface area contributed by atoms with E-state index in [0.29, 0.717) is 16.4 Å². The van der Waals surface area contributed by atoms with Crippen LogP contribution in [-0.4, -0.2) is 9.76 Å². The Morgan fingerprint density at radius 2 is 1.27 bits per heavy atom. The minimum atomic E-state index is 0.240. The zero-order valence-corrected chi connectivity index (χ0v) is 20.3. The van der Waals surface area contributed by atoms with E-state index in [1.807, 2.05) is 42.5 Å². The molecule has 0 aromatic heterocycles. The van der Waals surface area contributed by atoms with Gasteiger partial charge in [-0.1, -0.05) is 109 Å². The van der Waals surface area contributed by atoms with Gasteiger partial charge in [-0.3, -0.25) is 0 Å². The molecule has 0 saturated heterocycles. The summed E-state index contributed by atoms with van der Waals surface area (Å²) in [6.45, 7) is 7.53. The summed E-state index contributed by atoms with van der Waals surface area (Å²) in [7, 11) is 0.483. The minimum absolute atomic E-state index is 0.240. The summed E-state index contributed by atoms with van der Waals surface area (Å²) >= 11 is 0. The second-order valence-corrected chi connectivity index (χ2v) is 10.7. The SMILES string of the molecule is CCCCCCCCCCCC(C)(C)[Si]Oc1ccc(OCc2ccccc2)cc1. The van der Waals surface area contributed by atoms with Gasteiger partial charge < -0.3 is 9.16 Å². The van der Waals surface area contributed by atoms with Crippen LogP contribution in [0.2, 0.25) is 5.04 Å². The molecule has 164 valence electrons. The lowest BCUT2D eigenvalue weighted by Crippen LogP contribution is -2.19. The van der Waals surface area contributed by atoms with Crippen molar-refractivity contribution >= 4 is 9.76 Å². The van der Waals surface area contributed by atoms with Gasteiger partial charge in [-0.25, -0.2) is 0 Å². The molecule has 0 saturated carbocycles. The third-order valence-corrected chi connectivity index (χ3v) is 6.56. The fourth-order valence-electron chi connectivity index (χ4n) is 3.47. The highest BCUT2D eigenvalue weighted by molar-refractivity contribution is 6.33. The summed E-state index contributed by atoms with van der Waals surface area (Å²) in [6.07, 6.45) is 13.7. The Balaban J connectivity index is 1.58. The molecule has 0 atom stereocenters. The van der Waals surface area contributed by atoms with Crippen molar-refractivity contribution in [3.8, 4) is 11.5 Å². The Morgan fingerprint density at radius 1 is 0.700 bits per heavy atom. The van der Waals surface area contributed by atoms with Crippen LogP contribution in [0.4, 0.5) is 0 Å². The number of hydrogen-bond donors (Lipinski definition) is 0. The molecule has 2 rings (SSSR count). The van der Waals surface area contributed by atoms with Gasteiger partial charge in [0.2, 0.25) is 0 Å². The number of hydrogen-bond acceptors (Lipinski definition) is 2. The molecule has 0 heterocycles. The molecular formula is C27H40O2Si. The molecule has 2 aromatic rings. The molecule has 0 spiro atoms. The fraction of sp³-hybridized carbons (Fsp3) is 0.556. The van der Waals surface area contributed by atoms with Crippen LogP contribution in [0, 0.1) is 0 Å². The van der Waals surface area contributed by atoms with Crippen molar-refractivity contribution in [2.45, 2.75) is 96.6 Å². The summed E-state index contributed by atoms with van der Waals surface area (Å²) in [4.78, 5) is 0. The van der Waals surface area contributed by atoms with E-state index in [1.165, 1.54) is 69.8 Å². The van der Waals surface area contributed by atoms with E-state index in [2.05, 4.69) is 32.9 Å². The first-order valence-electron chi connectivity index (χ1n) is 11.8. The Morgan fingerprint density at radius 3 is 1.90 bits per heavy atom. The van der Waals surface area contributed by atoms with Crippen LogP contribution in [-0.2, 0) is 6.61 Å². The number of rotatable bonds is 16. The molecule has 2 aromatic carbocycles. The Bertz CT molecular complexity index is 667. The van der Waals surface area contributed by atoms with Gasteiger partial charge >= 0.3 is 9.76 Å². The largest absolute Gasteiger partial charge is 0.540 e. The van der Waals surface area contributed by atoms with E-state index in [-0.39, 0.29) is 5.04 Å². The van der Waals surface area contributed by atoms with Crippen LogP contribution in [0.25, 0.3) is 0 Å². The molecule has 0 bridgehead atoms. The van der Waals surface area contributed by atoms with Gasteiger partial charge in [0.05, 0.1) is 0 Å². The molecular weight excluding hydrogens is 384 g/mol. The van der Waals surface area contributed by atoms with Gasteiger partial charge in [0, 0.05) is 0 Å². The Kier molecular flexibility index (Phi) is 11.7. The first-order valence-corrected chi connectivity index (χ1v) is 12.7. The second-order valence-electron chi connectivity index (χ2n) is 8.91. The maximum absolute atomic E-state index is 6.09. The molecule has 0 aliphatic rings. The van der Waals surface area contributed by atoms with Crippen LogP contribution in [0.1, 0.15) is 90.5 Å².